The highest BCUT2D eigenvalue weighted by Gasteiger charge is 2.28. The summed E-state index contributed by atoms with van der Waals surface area (Å²) in [7, 11) is 0. The molecule has 1 heterocycles. The van der Waals surface area contributed by atoms with Gasteiger partial charge in [0.2, 0.25) is 0 Å². The zero-order valence-electron chi connectivity index (χ0n) is 10.1. The minimum atomic E-state index is -0.00865. The molecule has 0 aliphatic carbocycles. The molecule has 0 spiro atoms. The molecule has 0 saturated carbocycles. The maximum absolute atomic E-state index is 4.72. The Morgan fingerprint density at radius 2 is 1.94 bits per heavy atom. The third kappa shape index (κ3) is 2.17. The van der Waals surface area contributed by atoms with Crippen molar-refractivity contribution in [2.24, 2.45) is 4.99 Å². The summed E-state index contributed by atoms with van der Waals surface area (Å²) >= 11 is 0. The fourth-order valence-corrected chi connectivity index (χ4v) is 2.22. The van der Waals surface area contributed by atoms with Gasteiger partial charge in [-0.25, -0.2) is 0 Å². The lowest BCUT2D eigenvalue weighted by Gasteiger charge is -2.34. The lowest BCUT2D eigenvalue weighted by Crippen LogP contribution is -2.47. The van der Waals surface area contributed by atoms with Crippen molar-refractivity contribution in [2.45, 2.75) is 38.3 Å². The van der Waals surface area contributed by atoms with Gasteiger partial charge in [-0.1, -0.05) is 44.2 Å². The van der Waals surface area contributed by atoms with Crippen LogP contribution in [0.5, 0.6) is 0 Å². The Bertz CT molecular complexity index is 352. The van der Waals surface area contributed by atoms with Crippen molar-refractivity contribution in [1.29, 1.82) is 0 Å². The highest BCUT2D eigenvalue weighted by Crippen LogP contribution is 2.24. The number of nitrogens with one attached hydrogen (secondary N) is 1. The van der Waals surface area contributed by atoms with Crippen LogP contribution in [-0.4, -0.2) is 18.4 Å². The number of rotatable bonds is 3. The Morgan fingerprint density at radius 1 is 1.25 bits per heavy atom. The molecule has 1 aromatic rings. The summed E-state index contributed by atoms with van der Waals surface area (Å²) in [6, 6.07) is 10.6. The quantitative estimate of drug-likeness (QED) is 0.825. The first-order valence-corrected chi connectivity index (χ1v) is 6.15. The molecule has 1 unspecified atom stereocenters. The van der Waals surface area contributed by atoms with Gasteiger partial charge in [0.05, 0.1) is 0 Å². The van der Waals surface area contributed by atoms with Crippen LogP contribution in [-0.2, 0) is 0 Å². The van der Waals surface area contributed by atoms with Crippen molar-refractivity contribution < 1.29 is 0 Å². The summed E-state index contributed by atoms with van der Waals surface area (Å²) in [4.78, 5) is 4.72. The van der Waals surface area contributed by atoms with E-state index in [0.29, 0.717) is 5.92 Å². The topological polar surface area (TPSA) is 24.4 Å². The van der Waals surface area contributed by atoms with Gasteiger partial charge in [0.1, 0.15) is 5.66 Å². The summed E-state index contributed by atoms with van der Waals surface area (Å²) in [5, 5.41) is 3.58. The van der Waals surface area contributed by atoms with E-state index in [1.54, 1.807) is 0 Å². The third-order valence-electron chi connectivity index (χ3n) is 3.55. The first-order chi connectivity index (χ1) is 7.79. The lowest BCUT2D eigenvalue weighted by atomic mass is 9.95. The Labute approximate surface area is 97.8 Å². The summed E-state index contributed by atoms with van der Waals surface area (Å²) in [5.41, 5.74) is 1.34. The van der Waals surface area contributed by atoms with E-state index in [1.807, 2.05) is 0 Å². The van der Waals surface area contributed by atoms with Crippen molar-refractivity contribution >= 4 is 6.21 Å². The molecule has 0 saturated heterocycles. The number of hydrogen-bond acceptors (Lipinski definition) is 2. The maximum Gasteiger partial charge on any atom is 0.109 e. The van der Waals surface area contributed by atoms with Gasteiger partial charge in [-0.3, -0.25) is 10.3 Å². The summed E-state index contributed by atoms with van der Waals surface area (Å²) in [6.07, 6.45) is 4.24. The molecule has 16 heavy (non-hydrogen) atoms. The van der Waals surface area contributed by atoms with Gasteiger partial charge in [-0.2, -0.15) is 0 Å². The van der Waals surface area contributed by atoms with Crippen molar-refractivity contribution in [3.63, 3.8) is 0 Å². The van der Waals surface area contributed by atoms with Crippen LogP contribution < -0.4 is 5.32 Å². The summed E-state index contributed by atoms with van der Waals surface area (Å²) in [6.45, 7) is 5.38. The predicted molar refractivity (Wildman–Crippen MR) is 69.0 cm³/mol. The fraction of sp³-hybridized carbons (Fsp3) is 0.500. The molecular formula is C14H20N2. The van der Waals surface area contributed by atoms with Gasteiger partial charge in [0, 0.05) is 18.7 Å². The van der Waals surface area contributed by atoms with E-state index in [1.165, 1.54) is 5.56 Å². The zero-order valence-corrected chi connectivity index (χ0v) is 10.1. The Hall–Kier alpha value is -1.15. The average Bonchev–Trinajstić information content (AvgIpc) is 2.40. The molecule has 1 aliphatic heterocycles. The van der Waals surface area contributed by atoms with E-state index in [9.17, 15) is 0 Å². The number of aliphatic imine (C=N–C) groups is 1. The molecule has 2 nitrogen and oxygen atoms in total. The van der Waals surface area contributed by atoms with E-state index in [4.69, 9.17) is 4.99 Å². The van der Waals surface area contributed by atoms with Gasteiger partial charge in [-0.15, -0.1) is 0 Å². The van der Waals surface area contributed by atoms with Crippen LogP contribution in [0.3, 0.4) is 0 Å². The predicted octanol–water partition coefficient (Wildman–Crippen LogP) is 2.96. The van der Waals surface area contributed by atoms with Gasteiger partial charge in [-0.05, 0) is 18.4 Å². The molecule has 0 radical (unpaired) electrons. The van der Waals surface area contributed by atoms with Crippen LogP contribution in [0.2, 0.25) is 0 Å². The Kier molecular flexibility index (Phi) is 3.39. The number of nitrogens with zero attached hydrogens (tertiary/aromatic N) is 1. The second-order valence-electron chi connectivity index (χ2n) is 4.41. The molecule has 0 amide bonds. The first kappa shape index (κ1) is 11.3. The second-order valence-corrected chi connectivity index (χ2v) is 4.41. The van der Waals surface area contributed by atoms with Crippen molar-refractivity contribution in [2.75, 3.05) is 6.54 Å². The van der Waals surface area contributed by atoms with Crippen LogP contribution >= 0.6 is 0 Å². The minimum Gasteiger partial charge on any atom is -0.292 e. The average molecular weight is 216 g/mol. The largest absolute Gasteiger partial charge is 0.292 e. The highest BCUT2D eigenvalue weighted by molar-refractivity contribution is 5.69. The van der Waals surface area contributed by atoms with Crippen molar-refractivity contribution in [1.82, 2.24) is 5.32 Å². The Morgan fingerprint density at radius 3 is 2.44 bits per heavy atom. The Balaban J connectivity index is 2.14. The van der Waals surface area contributed by atoms with Crippen LogP contribution in [0.1, 0.15) is 38.2 Å². The van der Waals surface area contributed by atoms with E-state index >= 15 is 0 Å². The number of hydrogen-bond donors (Lipinski definition) is 1. The molecule has 0 aromatic heterocycles. The van der Waals surface area contributed by atoms with Crippen molar-refractivity contribution in [3.05, 3.63) is 35.9 Å². The monoisotopic (exact) mass is 216 g/mol. The maximum atomic E-state index is 4.72. The lowest BCUT2D eigenvalue weighted by molar-refractivity contribution is 0.303. The SMILES string of the molecule is CCC1(CC)N=CC(c2ccccc2)CN1. The van der Waals surface area contributed by atoms with Crippen LogP contribution in [0.15, 0.2) is 35.3 Å². The molecule has 2 heteroatoms. The number of benzene rings is 1. The highest BCUT2D eigenvalue weighted by atomic mass is 15.2. The molecule has 1 aromatic carbocycles. The first-order valence-electron chi connectivity index (χ1n) is 6.15. The molecule has 0 fully saturated rings. The van der Waals surface area contributed by atoms with Crippen LogP contribution in [0, 0.1) is 0 Å². The molecule has 86 valence electrons. The molecule has 1 aliphatic rings. The molecule has 1 atom stereocenters. The van der Waals surface area contributed by atoms with E-state index in [-0.39, 0.29) is 5.66 Å². The summed E-state index contributed by atoms with van der Waals surface area (Å²) < 4.78 is 0. The fourth-order valence-electron chi connectivity index (χ4n) is 2.22. The molecule has 1 N–H and O–H groups in total. The zero-order chi connectivity index (χ0) is 11.4. The second kappa shape index (κ2) is 4.79. The standard InChI is InChI=1S/C14H20N2/c1-3-14(4-2)15-10-13(11-16-14)12-8-6-5-7-9-12/h5-10,13,16H,3-4,11H2,1-2H3. The molecule has 0 bridgehead atoms. The normalized spacial score (nSPS) is 23.2. The van der Waals surface area contributed by atoms with Gasteiger partial charge in [0.25, 0.3) is 0 Å². The van der Waals surface area contributed by atoms with Gasteiger partial charge in [0.15, 0.2) is 0 Å². The van der Waals surface area contributed by atoms with E-state index in [0.717, 1.165) is 19.4 Å². The molecule has 2 rings (SSSR count). The van der Waals surface area contributed by atoms with E-state index in [2.05, 4.69) is 55.7 Å². The van der Waals surface area contributed by atoms with Gasteiger partial charge < -0.3 is 0 Å². The van der Waals surface area contributed by atoms with Crippen molar-refractivity contribution in [3.8, 4) is 0 Å². The smallest absolute Gasteiger partial charge is 0.109 e. The van der Waals surface area contributed by atoms with Crippen LogP contribution in [0.4, 0.5) is 0 Å². The molecular weight excluding hydrogens is 196 g/mol. The van der Waals surface area contributed by atoms with Crippen LogP contribution in [0.25, 0.3) is 0 Å². The van der Waals surface area contributed by atoms with Gasteiger partial charge >= 0.3 is 0 Å². The minimum absolute atomic E-state index is 0.00865. The third-order valence-corrected chi connectivity index (χ3v) is 3.55. The summed E-state index contributed by atoms with van der Waals surface area (Å²) in [5.74, 6) is 0.424. The van der Waals surface area contributed by atoms with E-state index < -0.39 is 0 Å².